The van der Waals surface area contributed by atoms with Crippen LogP contribution in [0.2, 0.25) is 5.02 Å². The number of rotatable bonds is 4. The molecule has 0 spiro atoms. The van der Waals surface area contributed by atoms with E-state index < -0.39 is 5.97 Å². The minimum Gasteiger partial charge on any atom is -0.404 e. The molecule has 130 valence electrons. The standard InChI is InChI=1S/C18H17ClN2O4/c19-15-6-4-14(5-7-15)18(23)25-17(20-9-11-24-12-10-20)13-21-8-2-1-3-16(21)22/h1-8,13H,9-12H2/b17-13-. The molecular weight excluding hydrogens is 344 g/mol. The van der Waals surface area contributed by atoms with Crippen molar-refractivity contribution in [1.82, 2.24) is 9.47 Å². The normalized spacial score (nSPS) is 15.1. The maximum absolute atomic E-state index is 12.4. The summed E-state index contributed by atoms with van der Waals surface area (Å²) in [4.78, 5) is 26.3. The van der Waals surface area contributed by atoms with E-state index in [0.717, 1.165) is 0 Å². The fourth-order valence-electron chi connectivity index (χ4n) is 2.36. The van der Waals surface area contributed by atoms with Crippen molar-refractivity contribution in [2.24, 2.45) is 0 Å². The van der Waals surface area contributed by atoms with E-state index >= 15 is 0 Å². The molecule has 0 radical (unpaired) electrons. The molecule has 1 fully saturated rings. The van der Waals surface area contributed by atoms with E-state index in [1.807, 2.05) is 4.90 Å². The lowest BCUT2D eigenvalue weighted by molar-refractivity contribution is 0.0153. The van der Waals surface area contributed by atoms with Crippen LogP contribution in [0.3, 0.4) is 0 Å². The van der Waals surface area contributed by atoms with Gasteiger partial charge in [0.05, 0.1) is 25.0 Å². The second kappa shape index (κ2) is 8.00. The number of pyridine rings is 1. The van der Waals surface area contributed by atoms with Gasteiger partial charge in [0.25, 0.3) is 5.56 Å². The number of carbonyl (C=O) groups is 1. The van der Waals surface area contributed by atoms with Gasteiger partial charge in [-0.3, -0.25) is 9.36 Å². The number of aromatic nitrogens is 1. The lowest BCUT2D eigenvalue weighted by Crippen LogP contribution is -2.37. The largest absolute Gasteiger partial charge is 0.404 e. The fourth-order valence-corrected chi connectivity index (χ4v) is 2.49. The van der Waals surface area contributed by atoms with Gasteiger partial charge in [-0.2, -0.15) is 0 Å². The van der Waals surface area contributed by atoms with Gasteiger partial charge in [-0.1, -0.05) is 17.7 Å². The van der Waals surface area contributed by atoms with Crippen LogP contribution in [0.15, 0.2) is 59.3 Å². The predicted molar refractivity (Wildman–Crippen MR) is 94.2 cm³/mol. The lowest BCUT2D eigenvalue weighted by atomic mass is 10.2. The maximum Gasteiger partial charge on any atom is 0.344 e. The number of nitrogens with zero attached hydrogens (tertiary/aromatic N) is 2. The first kappa shape index (κ1) is 17.3. The van der Waals surface area contributed by atoms with Crippen LogP contribution in [-0.2, 0) is 9.47 Å². The molecule has 7 heteroatoms. The summed E-state index contributed by atoms with van der Waals surface area (Å²) in [6.45, 7) is 2.20. The van der Waals surface area contributed by atoms with Crippen LogP contribution in [0.1, 0.15) is 10.4 Å². The van der Waals surface area contributed by atoms with Crippen LogP contribution in [0.25, 0.3) is 6.20 Å². The van der Waals surface area contributed by atoms with Gasteiger partial charge in [0.2, 0.25) is 5.88 Å². The molecule has 0 saturated carbocycles. The van der Waals surface area contributed by atoms with E-state index in [-0.39, 0.29) is 5.56 Å². The number of halogens is 1. The van der Waals surface area contributed by atoms with Crippen molar-refractivity contribution in [2.45, 2.75) is 0 Å². The van der Waals surface area contributed by atoms with E-state index in [1.54, 1.807) is 42.6 Å². The summed E-state index contributed by atoms with van der Waals surface area (Å²) < 4.78 is 12.3. The summed E-state index contributed by atoms with van der Waals surface area (Å²) in [6.07, 6.45) is 3.13. The minimum atomic E-state index is -0.515. The molecule has 0 amide bonds. The number of ether oxygens (including phenoxy) is 2. The molecule has 3 rings (SSSR count). The Morgan fingerprint density at radius 2 is 1.84 bits per heavy atom. The minimum absolute atomic E-state index is 0.212. The Kier molecular flexibility index (Phi) is 5.53. The molecule has 0 aliphatic carbocycles. The highest BCUT2D eigenvalue weighted by Gasteiger charge is 2.19. The highest BCUT2D eigenvalue weighted by atomic mass is 35.5. The lowest BCUT2D eigenvalue weighted by Gasteiger charge is -2.29. The Morgan fingerprint density at radius 3 is 2.52 bits per heavy atom. The van der Waals surface area contributed by atoms with Gasteiger partial charge in [0.15, 0.2) is 0 Å². The van der Waals surface area contributed by atoms with E-state index in [9.17, 15) is 9.59 Å². The summed E-state index contributed by atoms with van der Waals surface area (Å²) in [6, 6.07) is 11.3. The predicted octanol–water partition coefficient (Wildman–Crippen LogP) is 2.45. The fraction of sp³-hybridized carbons (Fsp3) is 0.222. The Balaban J connectivity index is 1.88. The van der Waals surface area contributed by atoms with Crippen LogP contribution < -0.4 is 5.56 Å². The smallest absolute Gasteiger partial charge is 0.344 e. The second-order valence-electron chi connectivity index (χ2n) is 5.41. The van der Waals surface area contributed by atoms with Crippen LogP contribution in [0.4, 0.5) is 0 Å². The molecule has 2 heterocycles. The molecular formula is C18H17ClN2O4. The maximum atomic E-state index is 12.4. The molecule has 1 saturated heterocycles. The molecule has 25 heavy (non-hydrogen) atoms. The Labute approximate surface area is 149 Å². The molecule has 0 bridgehead atoms. The van der Waals surface area contributed by atoms with Crippen molar-refractivity contribution in [2.75, 3.05) is 26.3 Å². The van der Waals surface area contributed by atoms with Gasteiger partial charge >= 0.3 is 5.97 Å². The Bertz CT molecular complexity index is 823. The van der Waals surface area contributed by atoms with Crippen molar-refractivity contribution in [3.05, 3.63) is 75.5 Å². The second-order valence-corrected chi connectivity index (χ2v) is 5.85. The number of hydrogen-bond donors (Lipinski definition) is 0. The molecule has 1 aromatic heterocycles. The van der Waals surface area contributed by atoms with Gasteiger partial charge in [-0.25, -0.2) is 4.79 Å². The summed E-state index contributed by atoms with van der Waals surface area (Å²) in [5, 5.41) is 0.538. The van der Waals surface area contributed by atoms with Crippen molar-refractivity contribution in [3.63, 3.8) is 0 Å². The zero-order valence-corrected chi connectivity index (χ0v) is 14.2. The van der Waals surface area contributed by atoms with Crippen LogP contribution in [0.5, 0.6) is 0 Å². The van der Waals surface area contributed by atoms with E-state index in [2.05, 4.69) is 0 Å². The van der Waals surface area contributed by atoms with Crippen molar-refractivity contribution in [3.8, 4) is 0 Å². The highest BCUT2D eigenvalue weighted by molar-refractivity contribution is 6.30. The monoisotopic (exact) mass is 360 g/mol. The Morgan fingerprint density at radius 1 is 1.12 bits per heavy atom. The number of hydrogen-bond acceptors (Lipinski definition) is 5. The average Bonchev–Trinajstić information content (AvgIpc) is 2.64. The summed E-state index contributed by atoms with van der Waals surface area (Å²) in [7, 11) is 0. The first-order valence-corrected chi connectivity index (χ1v) is 8.21. The van der Waals surface area contributed by atoms with Gasteiger partial charge in [-0.05, 0) is 30.3 Å². The number of carbonyl (C=O) groups excluding carboxylic acids is 1. The van der Waals surface area contributed by atoms with Crippen molar-refractivity contribution >= 4 is 23.8 Å². The molecule has 0 N–H and O–H groups in total. The average molecular weight is 361 g/mol. The molecule has 1 aliphatic heterocycles. The molecule has 2 aromatic rings. The first-order chi connectivity index (χ1) is 12.1. The van der Waals surface area contributed by atoms with E-state index in [0.29, 0.717) is 42.8 Å². The summed E-state index contributed by atoms with van der Waals surface area (Å²) in [5.74, 6) is -0.213. The number of benzene rings is 1. The third-order valence-electron chi connectivity index (χ3n) is 3.70. The Hall–Kier alpha value is -2.57. The third-order valence-corrected chi connectivity index (χ3v) is 3.95. The topological polar surface area (TPSA) is 60.8 Å². The molecule has 1 aromatic carbocycles. The zero-order valence-electron chi connectivity index (χ0n) is 13.4. The van der Waals surface area contributed by atoms with E-state index in [1.165, 1.54) is 16.8 Å². The molecule has 6 nitrogen and oxygen atoms in total. The van der Waals surface area contributed by atoms with Crippen molar-refractivity contribution < 1.29 is 14.3 Å². The summed E-state index contributed by atoms with van der Waals surface area (Å²) in [5.41, 5.74) is 0.166. The quantitative estimate of drug-likeness (QED) is 0.619. The molecule has 0 unspecified atom stereocenters. The number of esters is 1. The SMILES string of the molecule is O=C(O/C(=C\n1ccccc1=O)N1CCOCC1)c1ccc(Cl)cc1. The van der Waals surface area contributed by atoms with Gasteiger partial charge in [0, 0.05) is 30.4 Å². The van der Waals surface area contributed by atoms with Crippen LogP contribution >= 0.6 is 11.6 Å². The van der Waals surface area contributed by atoms with Gasteiger partial charge in [-0.15, -0.1) is 0 Å². The third kappa shape index (κ3) is 4.49. The van der Waals surface area contributed by atoms with Gasteiger partial charge < -0.3 is 14.4 Å². The zero-order chi connectivity index (χ0) is 17.6. The molecule has 1 aliphatic rings. The van der Waals surface area contributed by atoms with Crippen LogP contribution in [0, 0.1) is 0 Å². The summed E-state index contributed by atoms with van der Waals surface area (Å²) >= 11 is 5.84. The molecule has 0 atom stereocenters. The van der Waals surface area contributed by atoms with E-state index in [4.69, 9.17) is 21.1 Å². The first-order valence-electron chi connectivity index (χ1n) is 7.83. The number of morpholine rings is 1. The van der Waals surface area contributed by atoms with Crippen LogP contribution in [-0.4, -0.2) is 41.7 Å². The van der Waals surface area contributed by atoms with Crippen molar-refractivity contribution in [1.29, 1.82) is 0 Å². The van der Waals surface area contributed by atoms with Gasteiger partial charge in [0.1, 0.15) is 0 Å². The highest BCUT2D eigenvalue weighted by Crippen LogP contribution is 2.15.